The van der Waals surface area contributed by atoms with E-state index in [2.05, 4.69) is 10.3 Å². The summed E-state index contributed by atoms with van der Waals surface area (Å²) < 4.78 is 18.2. The van der Waals surface area contributed by atoms with E-state index in [0.717, 1.165) is 17.8 Å². The van der Waals surface area contributed by atoms with Crippen molar-refractivity contribution in [3.05, 3.63) is 53.5 Å². The summed E-state index contributed by atoms with van der Waals surface area (Å²) in [6.07, 6.45) is 1.63. The molecule has 2 rings (SSSR count). The van der Waals surface area contributed by atoms with Gasteiger partial charge in [-0.1, -0.05) is 18.2 Å². The van der Waals surface area contributed by atoms with Crippen LogP contribution in [0.3, 0.4) is 0 Å². The average Bonchev–Trinajstić information content (AvgIpc) is 2.48. The highest BCUT2D eigenvalue weighted by Crippen LogP contribution is 2.18. The highest BCUT2D eigenvalue weighted by atomic mass is 19.1. The lowest BCUT2D eigenvalue weighted by atomic mass is 10.1. The molecule has 0 fully saturated rings. The third kappa shape index (κ3) is 3.76. The minimum absolute atomic E-state index is 0.0107. The Labute approximate surface area is 121 Å². The molecule has 110 valence electrons. The summed E-state index contributed by atoms with van der Waals surface area (Å²) in [5.74, 6) is -1.12. The van der Waals surface area contributed by atoms with E-state index in [1.807, 2.05) is 12.1 Å². The maximum atomic E-state index is 13.2. The molecule has 0 aliphatic heterocycles. The maximum Gasteiger partial charge on any atom is 0.259 e. The number of hydrogen-bond donors (Lipinski definition) is 2. The molecule has 0 bridgehead atoms. The SMILES string of the molecule is COCCc1ccccc1NC(=O)c1cc(F)cnc1N. The van der Waals surface area contributed by atoms with E-state index in [1.54, 1.807) is 19.2 Å². The number of carbonyl (C=O) groups excluding carboxylic acids is 1. The van der Waals surface area contributed by atoms with Crippen molar-refractivity contribution in [3.63, 3.8) is 0 Å². The van der Waals surface area contributed by atoms with Gasteiger partial charge in [0.1, 0.15) is 11.6 Å². The van der Waals surface area contributed by atoms with Crippen molar-refractivity contribution in [1.82, 2.24) is 4.98 Å². The van der Waals surface area contributed by atoms with Gasteiger partial charge in [-0.3, -0.25) is 4.79 Å². The second-order valence-corrected chi connectivity index (χ2v) is 4.44. The molecule has 0 aliphatic carbocycles. The Bertz CT molecular complexity index is 647. The van der Waals surface area contributed by atoms with E-state index in [0.29, 0.717) is 18.7 Å². The highest BCUT2D eigenvalue weighted by Gasteiger charge is 2.13. The summed E-state index contributed by atoms with van der Waals surface area (Å²) in [4.78, 5) is 15.8. The minimum atomic E-state index is -0.609. The van der Waals surface area contributed by atoms with Crippen LogP contribution in [0.25, 0.3) is 0 Å². The molecule has 5 nitrogen and oxygen atoms in total. The van der Waals surface area contributed by atoms with Crippen molar-refractivity contribution >= 4 is 17.4 Å². The van der Waals surface area contributed by atoms with E-state index in [-0.39, 0.29) is 11.4 Å². The van der Waals surface area contributed by atoms with Crippen LogP contribution in [0, 0.1) is 5.82 Å². The number of benzene rings is 1. The first kappa shape index (κ1) is 14.9. The number of rotatable bonds is 5. The van der Waals surface area contributed by atoms with Gasteiger partial charge in [-0.15, -0.1) is 0 Å². The number of hydrogen-bond acceptors (Lipinski definition) is 4. The van der Waals surface area contributed by atoms with Crippen LogP contribution in [0.4, 0.5) is 15.9 Å². The predicted octanol–water partition coefficient (Wildman–Crippen LogP) is 2.24. The number of carbonyl (C=O) groups is 1. The topological polar surface area (TPSA) is 77.2 Å². The lowest BCUT2D eigenvalue weighted by Crippen LogP contribution is -2.16. The molecule has 1 amide bonds. The van der Waals surface area contributed by atoms with Gasteiger partial charge in [-0.25, -0.2) is 9.37 Å². The van der Waals surface area contributed by atoms with Gasteiger partial charge >= 0.3 is 0 Å². The Hall–Kier alpha value is -2.47. The number of nitrogens with zero attached hydrogens (tertiary/aromatic N) is 1. The van der Waals surface area contributed by atoms with Crippen molar-refractivity contribution in [2.24, 2.45) is 0 Å². The number of para-hydroxylation sites is 1. The molecule has 0 atom stereocenters. The van der Waals surface area contributed by atoms with Crippen LogP contribution in [-0.2, 0) is 11.2 Å². The van der Waals surface area contributed by atoms with Gasteiger partial charge in [0, 0.05) is 12.8 Å². The number of ether oxygens (including phenoxy) is 1. The monoisotopic (exact) mass is 289 g/mol. The molecule has 21 heavy (non-hydrogen) atoms. The molecule has 0 radical (unpaired) electrons. The summed E-state index contributed by atoms with van der Waals surface area (Å²) in [6.45, 7) is 0.538. The normalized spacial score (nSPS) is 10.4. The third-order valence-electron chi connectivity index (χ3n) is 2.97. The van der Waals surface area contributed by atoms with Crippen LogP contribution in [-0.4, -0.2) is 24.6 Å². The second-order valence-electron chi connectivity index (χ2n) is 4.44. The van der Waals surface area contributed by atoms with Gasteiger partial charge in [0.25, 0.3) is 5.91 Å². The summed E-state index contributed by atoms with van der Waals surface area (Å²) in [7, 11) is 1.61. The first-order valence-corrected chi connectivity index (χ1v) is 6.41. The Kier molecular flexibility index (Phi) is 4.84. The van der Waals surface area contributed by atoms with E-state index >= 15 is 0 Å². The quantitative estimate of drug-likeness (QED) is 0.885. The third-order valence-corrected chi connectivity index (χ3v) is 2.97. The number of pyridine rings is 1. The molecule has 0 unspecified atom stereocenters. The van der Waals surface area contributed by atoms with Crippen molar-refractivity contribution in [1.29, 1.82) is 0 Å². The smallest absolute Gasteiger partial charge is 0.259 e. The van der Waals surface area contributed by atoms with Crippen LogP contribution >= 0.6 is 0 Å². The fourth-order valence-electron chi connectivity index (χ4n) is 1.89. The molecule has 1 aromatic heterocycles. The summed E-state index contributed by atoms with van der Waals surface area (Å²) in [6, 6.07) is 8.40. The number of nitrogens with two attached hydrogens (primary N) is 1. The van der Waals surface area contributed by atoms with Crippen LogP contribution in [0.5, 0.6) is 0 Å². The van der Waals surface area contributed by atoms with Gasteiger partial charge in [-0.2, -0.15) is 0 Å². The van der Waals surface area contributed by atoms with Crippen LogP contribution in [0.1, 0.15) is 15.9 Å². The maximum absolute atomic E-state index is 13.2. The molecule has 6 heteroatoms. The number of aromatic nitrogens is 1. The molecule has 1 aromatic carbocycles. The summed E-state index contributed by atoms with van der Waals surface area (Å²) in [5, 5.41) is 2.72. The number of amides is 1. The zero-order chi connectivity index (χ0) is 15.2. The number of anilines is 2. The number of methoxy groups -OCH3 is 1. The van der Waals surface area contributed by atoms with Gasteiger partial charge in [-0.05, 0) is 24.1 Å². The van der Waals surface area contributed by atoms with Crippen molar-refractivity contribution < 1.29 is 13.9 Å². The first-order valence-electron chi connectivity index (χ1n) is 6.41. The molecule has 1 heterocycles. The number of halogens is 1. The minimum Gasteiger partial charge on any atom is -0.384 e. The number of nitrogen functional groups attached to an aromatic ring is 1. The predicted molar refractivity (Wildman–Crippen MR) is 78.6 cm³/mol. The van der Waals surface area contributed by atoms with Gasteiger partial charge in [0.15, 0.2) is 0 Å². The molecule has 0 spiro atoms. The van der Waals surface area contributed by atoms with E-state index in [1.165, 1.54) is 0 Å². The molecular weight excluding hydrogens is 273 g/mol. The second kappa shape index (κ2) is 6.81. The van der Waals surface area contributed by atoms with Crippen LogP contribution < -0.4 is 11.1 Å². The largest absolute Gasteiger partial charge is 0.384 e. The highest BCUT2D eigenvalue weighted by molar-refractivity contribution is 6.07. The van der Waals surface area contributed by atoms with Crippen molar-refractivity contribution in [2.75, 3.05) is 24.8 Å². The summed E-state index contributed by atoms with van der Waals surface area (Å²) >= 11 is 0. The van der Waals surface area contributed by atoms with Crippen LogP contribution in [0.15, 0.2) is 36.5 Å². The van der Waals surface area contributed by atoms with E-state index in [9.17, 15) is 9.18 Å². The molecule has 0 saturated carbocycles. The molecular formula is C15H16FN3O2. The lowest BCUT2D eigenvalue weighted by Gasteiger charge is -2.11. The van der Waals surface area contributed by atoms with Crippen LogP contribution in [0.2, 0.25) is 0 Å². The lowest BCUT2D eigenvalue weighted by molar-refractivity contribution is 0.102. The average molecular weight is 289 g/mol. The van der Waals surface area contributed by atoms with E-state index in [4.69, 9.17) is 10.5 Å². The fraction of sp³-hybridized carbons (Fsp3) is 0.200. The fourth-order valence-corrected chi connectivity index (χ4v) is 1.89. The number of nitrogens with one attached hydrogen (secondary N) is 1. The first-order chi connectivity index (χ1) is 10.1. The zero-order valence-electron chi connectivity index (χ0n) is 11.6. The Balaban J connectivity index is 2.21. The molecule has 3 N–H and O–H groups in total. The van der Waals surface area contributed by atoms with Crippen molar-refractivity contribution in [3.8, 4) is 0 Å². The standard InChI is InChI=1S/C15H16FN3O2/c1-21-7-6-10-4-2-3-5-13(10)19-15(20)12-8-11(16)9-18-14(12)17/h2-5,8-9H,6-7H2,1H3,(H2,17,18)(H,19,20). The van der Waals surface area contributed by atoms with Crippen molar-refractivity contribution in [2.45, 2.75) is 6.42 Å². The molecule has 0 saturated heterocycles. The van der Waals surface area contributed by atoms with Gasteiger partial charge in [0.05, 0.1) is 18.4 Å². The zero-order valence-corrected chi connectivity index (χ0v) is 11.6. The molecule has 2 aromatic rings. The van der Waals surface area contributed by atoms with E-state index < -0.39 is 11.7 Å². The van der Waals surface area contributed by atoms with Gasteiger partial charge < -0.3 is 15.8 Å². The van der Waals surface area contributed by atoms with Gasteiger partial charge in [0.2, 0.25) is 0 Å². The molecule has 0 aliphatic rings. The Morgan fingerprint density at radius 3 is 2.95 bits per heavy atom. The Morgan fingerprint density at radius 2 is 2.19 bits per heavy atom. The summed E-state index contributed by atoms with van der Waals surface area (Å²) in [5.41, 5.74) is 7.18. The Morgan fingerprint density at radius 1 is 1.43 bits per heavy atom.